The minimum absolute atomic E-state index is 0.288. The molecule has 0 N–H and O–H groups in total. The Morgan fingerprint density at radius 3 is 2.73 bits per heavy atom. The van der Waals surface area contributed by atoms with Crippen molar-refractivity contribution < 1.29 is 14.3 Å². The molecule has 0 bridgehead atoms. The Hall–Kier alpha value is -1.56. The van der Waals surface area contributed by atoms with Gasteiger partial charge in [-0.2, -0.15) is 0 Å². The number of nitrogens with zero attached hydrogens (tertiary/aromatic N) is 1. The summed E-state index contributed by atoms with van der Waals surface area (Å²) in [6.07, 6.45) is 3.51. The molecule has 0 aliphatic carbocycles. The second-order valence-corrected chi connectivity index (χ2v) is 6.07. The molecule has 116 valence electrons. The summed E-state index contributed by atoms with van der Waals surface area (Å²) in [5, 5.41) is 0.326. The zero-order valence-corrected chi connectivity index (χ0v) is 14.3. The first-order chi connectivity index (χ1) is 10.6. The first-order valence-electron chi connectivity index (χ1n) is 6.40. The van der Waals surface area contributed by atoms with Gasteiger partial charge in [0.25, 0.3) is 0 Å². The molecular formula is C15H13Cl2NO3S. The van der Waals surface area contributed by atoms with Crippen LogP contribution in [0.4, 0.5) is 0 Å². The number of methoxy groups -OCH3 is 1. The third-order valence-electron chi connectivity index (χ3n) is 2.76. The van der Waals surface area contributed by atoms with Gasteiger partial charge in [-0.25, -0.2) is 9.78 Å². The van der Waals surface area contributed by atoms with Crippen LogP contribution in [0.15, 0.2) is 18.2 Å². The van der Waals surface area contributed by atoms with Gasteiger partial charge in [0.15, 0.2) is 4.47 Å². The molecule has 0 spiro atoms. The molecule has 2 aromatic rings. The van der Waals surface area contributed by atoms with Gasteiger partial charge >= 0.3 is 5.97 Å². The Labute approximate surface area is 142 Å². The summed E-state index contributed by atoms with van der Waals surface area (Å²) in [7, 11) is 1.51. The first kappa shape index (κ1) is 16.8. The molecule has 22 heavy (non-hydrogen) atoms. The molecule has 1 aromatic heterocycles. The molecule has 0 saturated heterocycles. The van der Waals surface area contributed by atoms with E-state index in [0.717, 1.165) is 0 Å². The van der Waals surface area contributed by atoms with Crippen molar-refractivity contribution >= 4 is 52.7 Å². The van der Waals surface area contributed by atoms with Crippen LogP contribution >= 0.6 is 34.5 Å². The number of carbonyl (C=O) groups is 1. The highest BCUT2D eigenvalue weighted by atomic mass is 35.5. The van der Waals surface area contributed by atoms with Gasteiger partial charge in [0.05, 0.1) is 18.6 Å². The van der Waals surface area contributed by atoms with E-state index in [1.807, 2.05) is 0 Å². The largest absolute Gasteiger partial charge is 0.496 e. The quantitative estimate of drug-likeness (QED) is 0.720. The van der Waals surface area contributed by atoms with Gasteiger partial charge < -0.3 is 9.47 Å². The summed E-state index contributed by atoms with van der Waals surface area (Å²) in [5.74, 6) is 0.0158. The van der Waals surface area contributed by atoms with E-state index in [4.69, 9.17) is 32.7 Å². The van der Waals surface area contributed by atoms with Crippen molar-refractivity contribution in [3.63, 3.8) is 0 Å². The van der Waals surface area contributed by atoms with Crippen LogP contribution in [-0.4, -0.2) is 24.7 Å². The summed E-state index contributed by atoms with van der Waals surface area (Å²) < 4.78 is 10.7. The standard InChI is InChI=1S/C15H13Cl2NO3S/c1-3-21-14(19)12-9(5-4-6-10(12)20-2)7-8-11-13(16)18-15(17)22-11/h4-8H,3H2,1-2H3/b8-7+. The van der Waals surface area contributed by atoms with Crippen molar-refractivity contribution in [3.8, 4) is 5.75 Å². The van der Waals surface area contributed by atoms with E-state index in [1.165, 1.54) is 18.4 Å². The lowest BCUT2D eigenvalue weighted by Crippen LogP contribution is -2.08. The van der Waals surface area contributed by atoms with E-state index < -0.39 is 5.97 Å². The second kappa shape index (κ2) is 7.63. The Bertz CT molecular complexity index is 713. The lowest BCUT2D eigenvalue weighted by molar-refractivity contribution is 0.0522. The predicted octanol–water partition coefficient (Wildman–Crippen LogP) is 4.81. The molecule has 0 atom stereocenters. The van der Waals surface area contributed by atoms with E-state index in [-0.39, 0.29) is 6.61 Å². The maximum Gasteiger partial charge on any atom is 0.342 e. The number of ether oxygens (including phenoxy) is 2. The van der Waals surface area contributed by atoms with Crippen LogP contribution in [0.3, 0.4) is 0 Å². The summed E-state index contributed by atoms with van der Waals surface area (Å²) in [5.41, 5.74) is 1.04. The molecule has 2 rings (SSSR count). The van der Waals surface area contributed by atoms with E-state index in [0.29, 0.717) is 31.4 Å². The van der Waals surface area contributed by atoms with Crippen molar-refractivity contribution in [3.05, 3.63) is 43.8 Å². The van der Waals surface area contributed by atoms with Gasteiger partial charge in [0.2, 0.25) is 0 Å². The van der Waals surface area contributed by atoms with Crippen molar-refractivity contribution in [2.75, 3.05) is 13.7 Å². The Morgan fingerprint density at radius 1 is 1.36 bits per heavy atom. The number of hydrogen-bond acceptors (Lipinski definition) is 5. The van der Waals surface area contributed by atoms with Crippen molar-refractivity contribution in [2.45, 2.75) is 6.92 Å². The topological polar surface area (TPSA) is 48.4 Å². The van der Waals surface area contributed by atoms with E-state index in [1.54, 1.807) is 37.3 Å². The number of esters is 1. The highest BCUT2D eigenvalue weighted by Crippen LogP contribution is 2.30. The Kier molecular flexibility index (Phi) is 5.83. The smallest absolute Gasteiger partial charge is 0.342 e. The van der Waals surface area contributed by atoms with Gasteiger partial charge in [-0.1, -0.05) is 41.4 Å². The zero-order valence-electron chi connectivity index (χ0n) is 11.9. The average Bonchev–Trinajstić information content (AvgIpc) is 2.82. The molecule has 0 unspecified atom stereocenters. The van der Waals surface area contributed by atoms with Crippen LogP contribution in [-0.2, 0) is 4.74 Å². The number of carbonyl (C=O) groups excluding carboxylic acids is 1. The molecule has 0 aliphatic rings. The maximum atomic E-state index is 12.1. The van der Waals surface area contributed by atoms with Gasteiger partial charge in [-0.3, -0.25) is 0 Å². The summed E-state index contributed by atoms with van der Waals surface area (Å²) in [4.78, 5) is 16.8. The lowest BCUT2D eigenvalue weighted by Gasteiger charge is -2.10. The van der Waals surface area contributed by atoms with Crippen molar-refractivity contribution in [1.29, 1.82) is 0 Å². The van der Waals surface area contributed by atoms with Gasteiger partial charge in [0, 0.05) is 0 Å². The van der Waals surface area contributed by atoms with Crippen LogP contribution in [0.2, 0.25) is 9.62 Å². The molecule has 7 heteroatoms. The first-order valence-corrected chi connectivity index (χ1v) is 7.98. The maximum absolute atomic E-state index is 12.1. The van der Waals surface area contributed by atoms with Crippen LogP contribution in [0.5, 0.6) is 5.75 Å². The monoisotopic (exact) mass is 357 g/mol. The molecule has 4 nitrogen and oxygen atoms in total. The van der Waals surface area contributed by atoms with E-state index >= 15 is 0 Å². The lowest BCUT2D eigenvalue weighted by atomic mass is 10.1. The number of thiazole rings is 1. The molecular weight excluding hydrogens is 345 g/mol. The molecule has 0 radical (unpaired) electrons. The summed E-state index contributed by atoms with van der Waals surface area (Å²) in [6.45, 7) is 2.04. The third kappa shape index (κ3) is 3.80. The van der Waals surface area contributed by atoms with Crippen LogP contribution in [0, 0.1) is 0 Å². The van der Waals surface area contributed by atoms with Crippen LogP contribution in [0.25, 0.3) is 12.2 Å². The fraction of sp³-hybridized carbons (Fsp3) is 0.200. The molecule has 1 aromatic carbocycles. The average molecular weight is 358 g/mol. The Balaban J connectivity index is 2.42. The minimum Gasteiger partial charge on any atom is -0.496 e. The van der Waals surface area contributed by atoms with Crippen molar-refractivity contribution in [2.24, 2.45) is 0 Å². The predicted molar refractivity (Wildman–Crippen MR) is 90.0 cm³/mol. The molecule has 0 aliphatic heterocycles. The number of hydrogen-bond donors (Lipinski definition) is 0. The Morgan fingerprint density at radius 2 is 2.14 bits per heavy atom. The SMILES string of the molecule is CCOC(=O)c1c(/C=C/c2sc(Cl)nc2Cl)cccc1OC. The zero-order chi connectivity index (χ0) is 16.1. The van der Waals surface area contributed by atoms with E-state index in [9.17, 15) is 4.79 Å². The summed E-state index contributed by atoms with van der Waals surface area (Å²) in [6, 6.07) is 5.30. The molecule has 1 heterocycles. The van der Waals surface area contributed by atoms with Crippen molar-refractivity contribution in [1.82, 2.24) is 4.98 Å². The molecule has 0 amide bonds. The number of aromatic nitrogens is 1. The fourth-order valence-electron chi connectivity index (χ4n) is 1.83. The number of halogens is 2. The number of rotatable bonds is 5. The fourth-order valence-corrected chi connectivity index (χ4v) is 3.11. The summed E-state index contributed by atoms with van der Waals surface area (Å²) >= 11 is 13.0. The highest BCUT2D eigenvalue weighted by Gasteiger charge is 2.17. The second-order valence-electron chi connectivity index (χ2n) is 4.10. The van der Waals surface area contributed by atoms with Crippen LogP contribution < -0.4 is 4.74 Å². The molecule has 0 saturated carbocycles. The highest BCUT2D eigenvalue weighted by molar-refractivity contribution is 7.17. The normalized spacial score (nSPS) is 10.9. The van der Waals surface area contributed by atoms with Gasteiger partial charge in [-0.15, -0.1) is 11.3 Å². The van der Waals surface area contributed by atoms with Gasteiger partial charge in [-0.05, 0) is 24.6 Å². The van der Waals surface area contributed by atoms with E-state index in [2.05, 4.69) is 4.98 Å². The molecule has 0 fully saturated rings. The number of benzene rings is 1. The van der Waals surface area contributed by atoms with Gasteiger partial charge in [0.1, 0.15) is 16.5 Å². The third-order valence-corrected chi connectivity index (χ3v) is 4.28. The minimum atomic E-state index is -0.437. The van der Waals surface area contributed by atoms with Crippen LogP contribution in [0.1, 0.15) is 27.7 Å².